The molecule has 0 amide bonds. The minimum atomic E-state index is -2.44. The third-order valence-corrected chi connectivity index (χ3v) is 4.17. The summed E-state index contributed by atoms with van der Waals surface area (Å²) in [7, 11) is 3.15. The van der Waals surface area contributed by atoms with Crippen molar-refractivity contribution in [1.82, 2.24) is 0 Å². The molecule has 0 saturated heterocycles. The van der Waals surface area contributed by atoms with Gasteiger partial charge in [0.15, 0.2) is 0 Å². The molecule has 0 spiro atoms. The molecule has 0 N–H and O–H groups in total. The van der Waals surface area contributed by atoms with Gasteiger partial charge in [-0.3, -0.25) is 0 Å². The van der Waals surface area contributed by atoms with E-state index in [1.165, 1.54) is 0 Å². The Morgan fingerprint density at radius 2 is 1.80 bits per heavy atom. The van der Waals surface area contributed by atoms with E-state index in [9.17, 15) is 8.78 Å². The molecule has 3 nitrogen and oxygen atoms in total. The molecule has 0 fully saturated rings. The highest BCUT2D eigenvalue weighted by Crippen LogP contribution is 2.40. The van der Waals surface area contributed by atoms with E-state index in [2.05, 4.69) is 31.9 Å². The number of methoxy groups -OCH3 is 2. The number of benzene rings is 1. The summed E-state index contributed by atoms with van der Waals surface area (Å²) in [5.74, 6) is 1.37. The zero-order valence-corrected chi connectivity index (χ0v) is 14.3. The van der Waals surface area contributed by atoms with E-state index in [1.54, 1.807) is 14.2 Å². The lowest BCUT2D eigenvalue weighted by Gasteiger charge is -2.16. The Morgan fingerprint density at radius 1 is 1.15 bits per heavy atom. The molecule has 0 aliphatic rings. The van der Waals surface area contributed by atoms with Crippen LogP contribution < -0.4 is 9.47 Å². The summed E-state index contributed by atoms with van der Waals surface area (Å²) in [6.07, 6.45) is -1.89. The zero-order chi connectivity index (χ0) is 15.1. The third-order valence-electron chi connectivity index (χ3n) is 2.60. The minimum Gasteiger partial charge on any atom is -0.496 e. The van der Waals surface area contributed by atoms with Gasteiger partial charge in [0, 0.05) is 17.0 Å². The fourth-order valence-corrected chi connectivity index (χ4v) is 2.67. The molecule has 0 aromatic heterocycles. The summed E-state index contributed by atoms with van der Waals surface area (Å²) >= 11 is 6.90. The van der Waals surface area contributed by atoms with Crippen molar-refractivity contribution < 1.29 is 23.0 Å². The van der Waals surface area contributed by atoms with Gasteiger partial charge in [-0.2, -0.15) is 0 Å². The van der Waals surface area contributed by atoms with E-state index in [4.69, 9.17) is 14.2 Å². The summed E-state index contributed by atoms with van der Waals surface area (Å²) in [5.41, 5.74) is 0.883. The molecule has 0 radical (unpaired) electrons. The van der Waals surface area contributed by atoms with E-state index in [0.717, 1.165) is 10.0 Å². The zero-order valence-electron chi connectivity index (χ0n) is 11.2. The van der Waals surface area contributed by atoms with Crippen molar-refractivity contribution in [2.24, 2.45) is 0 Å². The van der Waals surface area contributed by atoms with Crippen molar-refractivity contribution >= 4 is 31.9 Å². The maximum Gasteiger partial charge on any atom is 0.261 e. The topological polar surface area (TPSA) is 27.7 Å². The Balaban J connectivity index is 2.73. The van der Waals surface area contributed by atoms with Gasteiger partial charge < -0.3 is 14.2 Å². The molecule has 1 aromatic rings. The molecule has 20 heavy (non-hydrogen) atoms. The summed E-state index contributed by atoms with van der Waals surface area (Å²) in [5, 5.41) is 0. The first kappa shape index (κ1) is 17.7. The second-order valence-corrected chi connectivity index (χ2v) is 5.91. The molecule has 0 aliphatic heterocycles. The molecular formula is C13H16Br2F2O3. The van der Waals surface area contributed by atoms with Crippen molar-refractivity contribution in [2.45, 2.75) is 17.7 Å². The molecule has 1 unspecified atom stereocenters. The lowest BCUT2D eigenvalue weighted by molar-refractivity contribution is 0.0167. The third kappa shape index (κ3) is 5.18. The minimum absolute atomic E-state index is 0.0721. The number of ether oxygens (including phenoxy) is 3. The fraction of sp³-hybridized carbons (Fsp3) is 0.538. The normalized spacial score (nSPS) is 12.6. The van der Waals surface area contributed by atoms with Crippen LogP contribution in [0.4, 0.5) is 8.78 Å². The first-order chi connectivity index (χ1) is 9.49. The second-order valence-electron chi connectivity index (χ2n) is 3.95. The monoisotopic (exact) mass is 416 g/mol. The lowest BCUT2D eigenvalue weighted by atomic mass is 10.1. The molecule has 1 aromatic carbocycles. The number of rotatable bonds is 8. The molecule has 0 bridgehead atoms. The summed E-state index contributed by atoms with van der Waals surface area (Å²) in [4.78, 5) is -0.0721. The molecule has 0 heterocycles. The van der Waals surface area contributed by atoms with Crippen molar-refractivity contribution in [3.05, 3.63) is 22.2 Å². The van der Waals surface area contributed by atoms with E-state index in [0.29, 0.717) is 17.9 Å². The van der Waals surface area contributed by atoms with Gasteiger partial charge in [0.2, 0.25) is 0 Å². The van der Waals surface area contributed by atoms with Crippen LogP contribution in [0.25, 0.3) is 0 Å². The Morgan fingerprint density at radius 3 is 2.35 bits per heavy atom. The molecule has 0 aliphatic carbocycles. The van der Waals surface area contributed by atoms with Crippen LogP contribution in [0.2, 0.25) is 0 Å². The van der Waals surface area contributed by atoms with Crippen LogP contribution >= 0.6 is 31.9 Å². The Labute approximate surface area is 133 Å². The van der Waals surface area contributed by atoms with Gasteiger partial charge >= 0.3 is 0 Å². The summed E-state index contributed by atoms with van der Waals surface area (Å²) < 4.78 is 40.2. The number of halogens is 4. The van der Waals surface area contributed by atoms with Crippen LogP contribution in [0.3, 0.4) is 0 Å². The van der Waals surface area contributed by atoms with Gasteiger partial charge in [0.25, 0.3) is 6.43 Å². The van der Waals surface area contributed by atoms with Crippen LogP contribution in [0.15, 0.2) is 16.6 Å². The molecule has 1 atom stereocenters. The molecule has 0 saturated carbocycles. The Bertz CT molecular complexity index is 430. The highest BCUT2D eigenvalue weighted by molar-refractivity contribution is 9.10. The maximum absolute atomic E-state index is 12.0. The lowest BCUT2D eigenvalue weighted by Crippen LogP contribution is -2.07. The van der Waals surface area contributed by atoms with Gasteiger partial charge in [-0.05, 0) is 34.5 Å². The Hall–Kier alpha value is -0.400. The van der Waals surface area contributed by atoms with Crippen LogP contribution in [-0.2, 0) is 4.74 Å². The predicted octanol–water partition coefficient (Wildman–Crippen LogP) is 4.57. The average molecular weight is 418 g/mol. The van der Waals surface area contributed by atoms with Gasteiger partial charge in [0.05, 0.1) is 18.7 Å². The molecular weight excluding hydrogens is 402 g/mol. The smallest absolute Gasteiger partial charge is 0.261 e. The second kappa shape index (κ2) is 8.79. The predicted molar refractivity (Wildman–Crippen MR) is 80.4 cm³/mol. The maximum atomic E-state index is 12.0. The summed E-state index contributed by atoms with van der Waals surface area (Å²) in [6.45, 7) is -0.303. The fourth-order valence-electron chi connectivity index (χ4n) is 1.64. The Kier molecular flexibility index (Phi) is 7.76. The average Bonchev–Trinajstić information content (AvgIpc) is 2.42. The van der Waals surface area contributed by atoms with E-state index >= 15 is 0 Å². The largest absolute Gasteiger partial charge is 0.496 e. The van der Waals surface area contributed by atoms with Crippen molar-refractivity contribution in [2.75, 3.05) is 27.4 Å². The highest BCUT2D eigenvalue weighted by Gasteiger charge is 2.17. The van der Waals surface area contributed by atoms with Crippen LogP contribution in [0.5, 0.6) is 11.5 Å². The van der Waals surface area contributed by atoms with E-state index in [1.807, 2.05) is 12.1 Å². The van der Waals surface area contributed by atoms with Crippen molar-refractivity contribution in [1.29, 1.82) is 0 Å². The van der Waals surface area contributed by atoms with E-state index in [-0.39, 0.29) is 11.4 Å². The van der Waals surface area contributed by atoms with E-state index < -0.39 is 13.0 Å². The standard InChI is InChI=1S/C13H16Br2F2O3/c1-18-11-6-10(15)12(19-2)5-8(11)9(14)3-4-20-7-13(16)17/h5-6,9,13H,3-4,7H2,1-2H3. The first-order valence-corrected chi connectivity index (χ1v) is 7.61. The number of hydrogen-bond donors (Lipinski definition) is 0. The highest BCUT2D eigenvalue weighted by atomic mass is 79.9. The van der Waals surface area contributed by atoms with Crippen LogP contribution in [0, 0.1) is 0 Å². The van der Waals surface area contributed by atoms with Gasteiger partial charge in [-0.25, -0.2) is 8.78 Å². The van der Waals surface area contributed by atoms with Gasteiger partial charge in [0.1, 0.15) is 18.1 Å². The van der Waals surface area contributed by atoms with Crippen LogP contribution in [-0.4, -0.2) is 33.9 Å². The molecule has 114 valence electrons. The molecule has 7 heteroatoms. The molecule has 1 rings (SSSR count). The quantitative estimate of drug-likeness (QED) is 0.458. The SMILES string of the molecule is COc1cc(C(Br)CCOCC(F)F)c(OC)cc1Br. The van der Waals surface area contributed by atoms with Crippen molar-refractivity contribution in [3.63, 3.8) is 0 Å². The number of hydrogen-bond acceptors (Lipinski definition) is 3. The number of alkyl halides is 3. The van der Waals surface area contributed by atoms with Gasteiger partial charge in [-0.1, -0.05) is 15.9 Å². The van der Waals surface area contributed by atoms with Gasteiger partial charge in [-0.15, -0.1) is 0 Å². The van der Waals surface area contributed by atoms with Crippen LogP contribution in [0.1, 0.15) is 16.8 Å². The van der Waals surface area contributed by atoms with Crippen molar-refractivity contribution in [3.8, 4) is 11.5 Å². The summed E-state index contributed by atoms with van der Waals surface area (Å²) in [6, 6.07) is 3.65. The first-order valence-electron chi connectivity index (χ1n) is 5.91.